The van der Waals surface area contributed by atoms with Gasteiger partial charge in [-0.1, -0.05) is 12.2 Å². The number of anilines is 1. The van der Waals surface area contributed by atoms with Crippen LogP contribution in [0.25, 0.3) is 0 Å². The SMILES string of the molecule is Cc1cc(NC(=O)C(C)(C)C(N)=S)n(C)n1. The minimum atomic E-state index is -0.868. The highest BCUT2D eigenvalue weighted by atomic mass is 32.1. The summed E-state index contributed by atoms with van der Waals surface area (Å²) in [4.78, 5) is 12.1. The van der Waals surface area contributed by atoms with Crippen LogP contribution in [0.4, 0.5) is 5.82 Å². The molecule has 6 heteroatoms. The number of nitrogens with one attached hydrogen (secondary N) is 1. The van der Waals surface area contributed by atoms with Crippen molar-refractivity contribution in [3.8, 4) is 0 Å². The van der Waals surface area contributed by atoms with Crippen LogP contribution in [-0.4, -0.2) is 20.7 Å². The summed E-state index contributed by atoms with van der Waals surface area (Å²) in [6.07, 6.45) is 0. The van der Waals surface area contributed by atoms with Gasteiger partial charge in [0.1, 0.15) is 5.82 Å². The topological polar surface area (TPSA) is 72.9 Å². The molecule has 0 aliphatic carbocycles. The number of hydrogen-bond donors (Lipinski definition) is 2. The second-order valence-corrected chi connectivity index (χ2v) is 4.68. The molecule has 0 radical (unpaired) electrons. The lowest BCUT2D eigenvalue weighted by atomic mass is 9.92. The number of nitrogens with zero attached hydrogens (tertiary/aromatic N) is 2. The van der Waals surface area contributed by atoms with E-state index in [-0.39, 0.29) is 10.9 Å². The molecule has 0 fully saturated rings. The smallest absolute Gasteiger partial charge is 0.238 e. The predicted octanol–water partition coefficient (Wildman–Crippen LogP) is 0.979. The van der Waals surface area contributed by atoms with E-state index in [0.717, 1.165) is 5.69 Å². The molecule has 0 aliphatic rings. The van der Waals surface area contributed by atoms with Gasteiger partial charge in [0.15, 0.2) is 0 Å². The minimum Gasteiger partial charge on any atom is -0.392 e. The third kappa shape index (κ3) is 2.38. The van der Waals surface area contributed by atoms with Crippen molar-refractivity contribution in [2.75, 3.05) is 5.32 Å². The zero-order chi connectivity index (χ0) is 12.5. The van der Waals surface area contributed by atoms with Crippen LogP contribution < -0.4 is 11.1 Å². The van der Waals surface area contributed by atoms with Gasteiger partial charge in [-0.15, -0.1) is 0 Å². The summed E-state index contributed by atoms with van der Waals surface area (Å²) in [5.41, 5.74) is 5.49. The Kier molecular flexibility index (Phi) is 3.32. The number of aryl methyl sites for hydroxylation is 2. The van der Waals surface area contributed by atoms with Crippen LogP contribution in [0.15, 0.2) is 6.07 Å². The highest BCUT2D eigenvalue weighted by molar-refractivity contribution is 7.80. The van der Waals surface area contributed by atoms with Gasteiger partial charge in [0.05, 0.1) is 16.1 Å². The van der Waals surface area contributed by atoms with Gasteiger partial charge in [-0.3, -0.25) is 9.48 Å². The van der Waals surface area contributed by atoms with Crippen molar-refractivity contribution in [1.82, 2.24) is 9.78 Å². The predicted molar refractivity (Wildman–Crippen MR) is 67.1 cm³/mol. The Bertz CT molecular complexity index is 436. The molecule has 1 amide bonds. The fourth-order valence-corrected chi connectivity index (χ4v) is 1.20. The second-order valence-electron chi connectivity index (χ2n) is 4.24. The maximum Gasteiger partial charge on any atom is 0.238 e. The van der Waals surface area contributed by atoms with Crippen molar-refractivity contribution in [2.24, 2.45) is 18.2 Å². The van der Waals surface area contributed by atoms with Gasteiger partial charge in [0.2, 0.25) is 5.91 Å². The van der Waals surface area contributed by atoms with Gasteiger partial charge >= 0.3 is 0 Å². The highest BCUT2D eigenvalue weighted by Crippen LogP contribution is 2.19. The van der Waals surface area contributed by atoms with E-state index >= 15 is 0 Å². The molecular weight excluding hydrogens is 224 g/mol. The zero-order valence-corrected chi connectivity index (χ0v) is 10.7. The molecule has 0 atom stereocenters. The molecule has 16 heavy (non-hydrogen) atoms. The van der Waals surface area contributed by atoms with Crippen LogP contribution in [0.2, 0.25) is 0 Å². The summed E-state index contributed by atoms with van der Waals surface area (Å²) in [5, 5.41) is 6.88. The molecule has 88 valence electrons. The van der Waals surface area contributed by atoms with Crippen molar-refractivity contribution >= 4 is 28.9 Å². The average Bonchev–Trinajstić information content (AvgIpc) is 2.44. The summed E-state index contributed by atoms with van der Waals surface area (Å²) in [6.45, 7) is 5.23. The fourth-order valence-electron chi connectivity index (χ4n) is 1.11. The van der Waals surface area contributed by atoms with E-state index in [1.807, 2.05) is 6.92 Å². The summed E-state index contributed by atoms with van der Waals surface area (Å²) in [6, 6.07) is 1.79. The molecule has 0 bridgehead atoms. The first kappa shape index (κ1) is 12.6. The first-order valence-corrected chi connectivity index (χ1v) is 5.28. The maximum absolute atomic E-state index is 11.9. The van der Waals surface area contributed by atoms with Crippen molar-refractivity contribution in [2.45, 2.75) is 20.8 Å². The molecule has 1 heterocycles. The monoisotopic (exact) mass is 240 g/mol. The number of carbonyl (C=O) groups is 1. The van der Waals surface area contributed by atoms with Gasteiger partial charge in [-0.05, 0) is 20.8 Å². The average molecular weight is 240 g/mol. The lowest BCUT2D eigenvalue weighted by molar-refractivity contribution is -0.121. The quantitative estimate of drug-likeness (QED) is 0.772. The minimum absolute atomic E-state index is 0.170. The highest BCUT2D eigenvalue weighted by Gasteiger charge is 2.31. The molecule has 0 saturated heterocycles. The van der Waals surface area contributed by atoms with E-state index in [2.05, 4.69) is 10.4 Å². The Morgan fingerprint density at radius 2 is 2.19 bits per heavy atom. The molecule has 0 spiro atoms. The number of aromatic nitrogens is 2. The van der Waals surface area contributed by atoms with Crippen molar-refractivity contribution < 1.29 is 4.79 Å². The number of thiocarbonyl (C=S) groups is 1. The van der Waals surface area contributed by atoms with Crippen LogP contribution >= 0.6 is 12.2 Å². The molecule has 5 nitrogen and oxygen atoms in total. The lowest BCUT2D eigenvalue weighted by Crippen LogP contribution is -2.41. The Hall–Kier alpha value is -1.43. The summed E-state index contributed by atoms with van der Waals surface area (Å²) in [5.74, 6) is 0.398. The zero-order valence-electron chi connectivity index (χ0n) is 9.87. The largest absolute Gasteiger partial charge is 0.392 e. The molecule has 1 aromatic rings. The van der Waals surface area contributed by atoms with Crippen molar-refractivity contribution in [1.29, 1.82) is 0 Å². The Labute approximate surface area is 100 Å². The molecule has 1 rings (SSSR count). The lowest BCUT2D eigenvalue weighted by Gasteiger charge is -2.21. The van der Waals surface area contributed by atoms with Crippen LogP contribution in [-0.2, 0) is 11.8 Å². The Balaban J connectivity index is 2.87. The van der Waals surface area contributed by atoms with E-state index in [4.69, 9.17) is 18.0 Å². The number of amides is 1. The van der Waals surface area contributed by atoms with Crippen LogP contribution in [0.3, 0.4) is 0 Å². The maximum atomic E-state index is 11.9. The van der Waals surface area contributed by atoms with Crippen LogP contribution in [0.1, 0.15) is 19.5 Å². The van der Waals surface area contributed by atoms with Gasteiger partial charge in [0.25, 0.3) is 0 Å². The number of carbonyl (C=O) groups excluding carboxylic acids is 1. The Morgan fingerprint density at radius 3 is 2.56 bits per heavy atom. The molecular formula is C10H16N4OS. The molecule has 0 saturated carbocycles. The number of nitrogens with two attached hydrogens (primary N) is 1. The summed E-state index contributed by atoms with van der Waals surface area (Å²) < 4.78 is 1.60. The van der Waals surface area contributed by atoms with Gasteiger partial charge in [-0.25, -0.2) is 0 Å². The standard InChI is InChI=1S/C10H16N4OS/c1-6-5-7(14(4)13-6)12-9(15)10(2,3)8(11)16/h5H,1-4H3,(H2,11,16)(H,12,15). The molecule has 1 aromatic heterocycles. The molecule has 0 unspecified atom stereocenters. The fraction of sp³-hybridized carbons (Fsp3) is 0.500. The number of rotatable bonds is 3. The van der Waals surface area contributed by atoms with Crippen LogP contribution in [0, 0.1) is 12.3 Å². The summed E-state index contributed by atoms with van der Waals surface area (Å²) >= 11 is 4.86. The van der Waals surface area contributed by atoms with E-state index in [1.165, 1.54) is 0 Å². The Morgan fingerprint density at radius 1 is 1.62 bits per heavy atom. The van der Waals surface area contributed by atoms with E-state index in [0.29, 0.717) is 5.82 Å². The third-order valence-corrected chi connectivity index (χ3v) is 2.94. The third-order valence-electron chi connectivity index (χ3n) is 2.43. The van der Waals surface area contributed by atoms with E-state index in [9.17, 15) is 4.79 Å². The normalized spacial score (nSPS) is 11.2. The van der Waals surface area contributed by atoms with E-state index in [1.54, 1.807) is 31.6 Å². The van der Waals surface area contributed by atoms with Crippen molar-refractivity contribution in [3.63, 3.8) is 0 Å². The first-order chi connectivity index (χ1) is 7.25. The second kappa shape index (κ2) is 4.21. The molecule has 3 N–H and O–H groups in total. The van der Waals surface area contributed by atoms with Gasteiger partial charge < -0.3 is 11.1 Å². The summed E-state index contributed by atoms with van der Waals surface area (Å²) in [7, 11) is 1.76. The first-order valence-electron chi connectivity index (χ1n) is 4.87. The van der Waals surface area contributed by atoms with Gasteiger partial charge in [0, 0.05) is 13.1 Å². The van der Waals surface area contributed by atoms with Crippen LogP contribution in [0.5, 0.6) is 0 Å². The molecule has 0 aromatic carbocycles. The number of hydrogen-bond acceptors (Lipinski definition) is 3. The molecule has 0 aliphatic heterocycles. The van der Waals surface area contributed by atoms with E-state index < -0.39 is 5.41 Å². The van der Waals surface area contributed by atoms with Gasteiger partial charge in [-0.2, -0.15) is 5.10 Å². The van der Waals surface area contributed by atoms with Crippen molar-refractivity contribution in [3.05, 3.63) is 11.8 Å².